The monoisotopic (exact) mass is 267 g/mol. The van der Waals surface area contributed by atoms with Gasteiger partial charge in [0.15, 0.2) is 0 Å². The van der Waals surface area contributed by atoms with E-state index in [4.69, 9.17) is 11.5 Å². The highest BCUT2D eigenvalue weighted by Crippen LogP contribution is 2.27. The smallest absolute Gasteiger partial charge is 0.126 e. The first-order chi connectivity index (χ1) is 9.19. The molecule has 0 amide bonds. The minimum absolute atomic E-state index is 0.115. The van der Waals surface area contributed by atoms with Gasteiger partial charge < -0.3 is 16.8 Å². The molecule has 4 heteroatoms. The van der Waals surface area contributed by atoms with Crippen molar-refractivity contribution in [2.45, 2.75) is 37.6 Å². The van der Waals surface area contributed by atoms with Gasteiger partial charge in [-0.3, -0.25) is 0 Å². The Bertz CT molecular complexity index is 357. The summed E-state index contributed by atoms with van der Waals surface area (Å²) in [7, 11) is 1.92. The van der Waals surface area contributed by atoms with Crippen molar-refractivity contribution < 1.29 is 4.39 Å². The summed E-state index contributed by atoms with van der Waals surface area (Å²) in [5.74, 6) is 0.105. The SMILES string of the molecule is CNCCC(CCC(N)CCN)c1ccccc1F. The number of hydrogen-bond donors (Lipinski definition) is 3. The number of halogens is 1. The van der Waals surface area contributed by atoms with E-state index in [1.54, 1.807) is 6.07 Å². The van der Waals surface area contributed by atoms with Gasteiger partial charge in [0.05, 0.1) is 0 Å². The van der Waals surface area contributed by atoms with Gasteiger partial charge in [0.1, 0.15) is 5.82 Å². The Kier molecular flexibility index (Phi) is 7.63. The second-order valence-electron chi connectivity index (χ2n) is 5.03. The fourth-order valence-electron chi connectivity index (χ4n) is 2.35. The Morgan fingerprint density at radius 3 is 2.53 bits per heavy atom. The maximum Gasteiger partial charge on any atom is 0.126 e. The van der Waals surface area contributed by atoms with E-state index in [1.807, 2.05) is 19.2 Å². The third kappa shape index (κ3) is 5.68. The van der Waals surface area contributed by atoms with Crippen LogP contribution in [0.15, 0.2) is 24.3 Å². The number of nitrogens with two attached hydrogens (primary N) is 2. The molecular weight excluding hydrogens is 241 g/mol. The molecule has 1 aromatic carbocycles. The molecule has 5 N–H and O–H groups in total. The standard InChI is InChI=1S/C15H26FN3/c1-19-11-9-12(6-7-13(18)8-10-17)14-4-2-3-5-15(14)16/h2-5,12-13,19H,6-11,17-18H2,1H3. The van der Waals surface area contributed by atoms with Gasteiger partial charge in [-0.15, -0.1) is 0 Å². The average Bonchev–Trinajstić information content (AvgIpc) is 2.40. The van der Waals surface area contributed by atoms with Crippen LogP contribution in [0.3, 0.4) is 0 Å². The minimum Gasteiger partial charge on any atom is -0.330 e. The van der Waals surface area contributed by atoms with Gasteiger partial charge >= 0.3 is 0 Å². The topological polar surface area (TPSA) is 64.1 Å². The largest absolute Gasteiger partial charge is 0.330 e. The molecular formula is C15H26FN3. The molecule has 19 heavy (non-hydrogen) atoms. The molecule has 0 aliphatic carbocycles. The molecule has 0 spiro atoms. The van der Waals surface area contributed by atoms with Crippen LogP contribution >= 0.6 is 0 Å². The molecule has 3 nitrogen and oxygen atoms in total. The van der Waals surface area contributed by atoms with Crippen LogP contribution in [0.2, 0.25) is 0 Å². The fourth-order valence-corrected chi connectivity index (χ4v) is 2.35. The third-order valence-corrected chi connectivity index (χ3v) is 3.51. The van der Waals surface area contributed by atoms with Gasteiger partial charge in [-0.2, -0.15) is 0 Å². The van der Waals surface area contributed by atoms with Crippen molar-refractivity contribution in [3.63, 3.8) is 0 Å². The third-order valence-electron chi connectivity index (χ3n) is 3.51. The highest BCUT2D eigenvalue weighted by Gasteiger charge is 2.16. The summed E-state index contributed by atoms with van der Waals surface area (Å²) in [6, 6.07) is 7.15. The van der Waals surface area contributed by atoms with Crippen molar-refractivity contribution in [2.24, 2.45) is 11.5 Å². The quantitative estimate of drug-likeness (QED) is 0.641. The van der Waals surface area contributed by atoms with Crippen LogP contribution in [-0.2, 0) is 0 Å². The predicted molar refractivity (Wildman–Crippen MR) is 78.6 cm³/mol. The van der Waals surface area contributed by atoms with E-state index in [9.17, 15) is 4.39 Å². The Morgan fingerprint density at radius 2 is 1.89 bits per heavy atom. The van der Waals surface area contributed by atoms with Crippen LogP contribution in [-0.4, -0.2) is 26.2 Å². The van der Waals surface area contributed by atoms with E-state index in [-0.39, 0.29) is 17.8 Å². The van der Waals surface area contributed by atoms with Crippen molar-refractivity contribution in [1.82, 2.24) is 5.32 Å². The second kappa shape index (κ2) is 9.02. The normalized spacial score (nSPS) is 14.3. The maximum absolute atomic E-state index is 13.9. The van der Waals surface area contributed by atoms with E-state index < -0.39 is 0 Å². The van der Waals surface area contributed by atoms with Gasteiger partial charge in [-0.25, -0.2) is 4.39 Å². The first kappa shape index (κ1) is 16.1. The molecule has 1 aromatic rings. The van der Waals surface area contributed by atoms with Crippen LogP contribution in [0.5, 0.6) is 0 Å². The van der Waals surface area contributed by atoms with Crippen molar-refractivity contribution in [3.05, 3.63) is 35.6 Å². The molecule has 0 saturated heterocycles. The molecule has 2 unspecified atom stereocenters. The number of benzene rings is 1. The molecule has 1 rings (SSSR count). The van der Waals surface area contributed by atoms with Crippen LogP contribution in [0.25, 0.3) is 0 Å². The van der Waals surface area contributed by atoms with E-state index in [1.165, 1.54) is 6.07 Å². The lowest BCUT2D eigenvalue weighted by atomic mass is 9.89. The fraction of sp³-hybridized carbons (Fsp3) is 0.600. The zero-order valence-electron chi connectivity index (χ0n) is 11.7. The summed E-state index contributed by atoms with van der Waals surface area (Å²) < 4.78 is 13.9. The Hall–Kier alpha value is -0.970. The van der Waals surface area contributed by atoms with Crippen molar-refractivity contribution in [2.75, 3.05) is 20.1 Å². The minimum atomic E-state index is -0.115. The van der Waals surface area contributed by atoms with Crippen LogP contribution in [0.1, 0.15) is 37.2 Å². The Balaban J connectivity index is 2.64. The zero-order chi connectivity index (χ0) is 14.1. The number of nitrogens with one attached hydrogen (secondary N) is 1. The van der Waals surface area contributed by atoms with Gasteiger partial charge in [0.2, 0.25) is 0 Å². The van der Waals surface area contributed by atoms with Gasteiger partial charge in [0, 0.05) is 6.04 Å². The summed E-state index contributed by atoms with van der Waals surface area (Å²) in [6.07, 6.45) is 3.55. The molecule has 2 atom stereocenters. The molecule has 0 aromatic heterocycles. The highest BCUT2D eigenvalue weighted by atomic mass is 19.1. The molecule has 0 bridgehead atoms. The predicted octanol–water partition coefficient (Wildman–Crippen LogP) is 1.98. The van der Waals surface area contributed by atoms with E-state index in [0.717, 1.165) is 37.8 Å². The molecule has 0 heterocycles. The average molecular weight is 267 g/mol. The summed E-state index contributed by atoms with van der Waals surface area (Å²) in [6.45, 7) is 1.49. The molecule has 108 valence electrons. The van der Waals surface area contributed by atoms with Gasteiger partial charge in [0.25, 0.3) is 0 Å². The second-order valence-corrected chi connectivity index (χ2v) is 5.03. The van der Waals surface area contributed by atoms with Crippen LogP contribution in [0.4, 0.5) is 4.39 Å². The lowest BCUT2D eigenvalue weighted by molar-refractivity contribution is 0.466. The molecule has 0 aliphatic rings. The van der Waals surface area contributed by atoms with Crippen molar-refractivity contribution in [1.29, 1.82) is 0 Å². The number of hydrogen-bond acceptors (Lipinski definition) is 3. The lowest BCUT2D eigenvalue weighted by Crippen LogP contribution is -2.24. The molecule has 0 saturated carbocycles. The lowest BCUT2D eigenvalue weighted by Gasteiger charge is -2.20. The van der Waals surface area contributed by atoms with E-state index in [0.29, 0.717) is 6.54 Å². The highest BCUT2D eigenvalue weighted by molar-refractivity contribution is 5.21. The molecule has 0 radical (unpaired) electrons. The summed E-state index contributed by atoms with van der Waals surface area (Å²) in [4.78, 5) is 0. The van der Waals surface area contributed by atoms with Crippen LogP contribution < -0.4 is 16.8 Å². The summed E-state index contributed by atoms with van der Waals surface area (Å²) in [5, 5.41) is 3.13. The maximum atomic E-state index is 13.9. The van der Waals surface area contributed by atoms with E-state index >= 15 is 0 Å². The van der Waals surface area contributed by atoms with Crippen molar-refractivity contribution >= 4 is 0 Å². The van der Waals surface area contributed by atoms with Crippen LogP contribution in [0, 0.1) is 5.82 Å². The Labute approximate surface area is 115 Å². The first-order valence-electron chi connectivity index (χ1n) is 7.03. The van der Waals surface area contributed by atoms with E-state index in [2.05, 4.69) is 5.32 Å². The molecule has 0 aliphatic heterocycles. The summed E-state index contributed by atoms with van der Waals surface area (Å²) >= 11 is 0. The Morgan fingerprint density at radius 1 is 1.16 bits per heavy atom. The number of rotatable bonds is 9. The van der Waals surface area contributed by atoms with Gasteiger partial charge in [-0.05, 0) is 63.4 Å². The van der Waals surface area contributed by atoms with Gasteiger partial charge in [-0.1, -0.05) is 18.2 Å². The van der Waals surface area contributed by atoms with Crippen molar-refractivity contribution in [3.8, 4) is 0 Å². The first-order valence-corrected chi connectivity index (χ1v) is 7.03. The molecule has 0 fully saturated rings. The zero-order valence-corrected chi connectivity index (χ0v) is 11.7. The summed E-state index contributed by atoms with van der Waals surface area (Å²) in [5.41, 5.74) is 12.3.